The third-order valence-corrected chi connectivity index (χ3v) is 3.61. The highest BCUT2D eigenvalue weighted by atomic mass is 32.1. The molecule has 0 saturated heterocycles. The highest BCUT2D eigenvalue weighted by Gasteiger charge is 2.26. The SMILES string of the molecule is CC(C)(C)NC(=O)O[C@@H]1CCc2nc(N)sc2C1. The average Bonchev–Trinajstić information content (AvgIpc) is 2.53. The van der Waals surface area contributed by atoms with Gasteiger partial charge in [-0.25, -0.2) is 9.78 Å². The van der Waals surface area contributed by atoms with E-state index in [-0.39, 0.29) is 17.7 Å². The van der Waals surface area contributed by atoms with Gasteiger partial charge in [-0.1, -0.05) is 0 Å². The molecular weight excluding hydrogens is 250 g/mol. The number of amides is 1. The topological polar surface area (TPSA) is 77.2 Å². The Bertz CT molecular complexity index is 451. The predicted molar refractivity (Wildman–Crippen MR) is 71.7 cm³/mol. The number of nitrogens with two attached hydrogens (primary N) is 1. The summed E-state index contributed by atoms with van der Waals surface area (Å²) >= 11 is 1.49. The van der Waals surface area contributed by atoms with Gasteiger partial charge < -0.3 is 15.8 Å². The number of aryl methyl sites for hydroxylation is 1. The Morgan fingerprint density at radius 1 is 1.56 bits per heavy atom. The van der Waals surface area contributed by atoms with Crippen molar-refractivity contribution in [2.75, 3.05) is 5.73 Å². The first-order chi connectivity index (χ1) is 8.33. The number of hydrogen-bond donors (Lipinski definition) is 2. The Labute approximate surface area is 111 Å². The number of nitrogens with zero attached hydrogens (tertiary/aromatic N) is 1. The molecule has 0 unspecified atom stereocenters. The van der Waals surface area contributed by atoms with Gasteiger partial charge in [0.25, 0.3) is 0 Å². The van der Waals surface area contributed by atoms with Gasteiger partial charge in [-0.3, -0.25) is 0 Å². The van der Waals surface area contributed by atoms with Crippen molar-refractivity contribution in [2.45, 2.75) is 51.7 Å². The monoisotopic (exact) mass is 269 g/mol. The molecule has 1 atom stereocenters. The summed E-state index contributed by atoms with van der Waals surface area (Å²) in [5.74, 6) is 0. The van der Waals surface area contributed by atoms with E-state index in [1.54, 1.807) is 0 Å². The number of carbonyl (C=O) groups is 1. The second-order valence-electron chi connectivity index (χ2n) is 5.57. The molecule has 1 aromatic heterocycles. The van der Waals surface area contributed by atoms with Crippen LogP contribution in [0.2, 0.25) is 0 Å². The van der Waals surface area contributed by atoms with E-state index in [2.05, 4.69) is 10.3 Å². The van der Waals surface area contributed by atoms with Crippen LogP contribution in [0.15, 0.2) is 0 Å². The molecule has 0 fully saturated rings. The van der Waals surface area contributed by atoms with Crippen molar-refractivity contribution in [2.24, 2.45) is 0 Å². The van der Waals surface area contributed by atoms with Crippen LogP contribution in [0.3, 0.4) is 0 Å². The third-order valence-electron chi connectivity index (χ3n) is 2.66. The molecule has 100 valence electrons. The summed E-state index contributed by atoms with van der Waals surface area (Å²) in [4.78, 5) is 17.1. The van der Waals surface area contributed by atoms with Crippen molar-refractivity contribution in [1.29, 1.82) is 0 Å². The number of thiazole rings is 1. The molecule has 0 saturated carbocycles. The Balaban J connectivity index is 1.91. The molecule has 0 aromatic carbocycles. The number of nitrogens with one attached hydrogen (secondary N) is 1. The molecular formula is C12H19N3O2S. The van der Waals surface area contributed by atoms with Crippen LogP contribution in [0.1, 0.15) is 37.8 Å². The molecule has 1 aliphatic carbocycles. The molecule has 3 N–H and O–H groups in total. The van der Waals surface area contributed by atoms with Gasteiger partial charge >= 0.3 is 6.09 Å². The van der Waals surface area contributed by atoms with Crippen LogP contribution in [0, 0.1) is 0 Å². The first-order valence-electron chi connectivity index (χ1n) is 6.06. The number of alkyl carbamates (subject to hydrolysis) is 1. The number of carbonyl (C=O) groups excluding carboxylic acids is 1. The van der Waals surface area contributed by atoms with Gasteiger partial charge in [0.05, 0.1) is 5.69 Å². The zero-order chi connectivity index (χ0) is 13.3. The molecule has 5 nitrogen and oxygen atoms in total. The van der Waals surface area contributed by atoms with Gasteiger partial charge in [-0.05, 0) is 33.6 Å². The predicted octanol–water partition coefficient (Wildman–Crippen LogP) is 2.11. The van der Waals surface area contributed by atoms with Crippen molar-refractivity contribution in [3.05, 3.63) is 10.6 Å². The van der Waals surface area contributed by atoms with E-state index >= 15 is 0 Å². The molecule has 0 bridgehead atoms. The lowest BCUT2D eigenvalue weighted by molar-refractivity contribution is 0.0839. The lowest BCUT2D eigenvalue weighted by Crippen LogP contribution is -2.42. The summed E-state index contributed by atoms with van der Waals surface area (Å²) < 4.78 is 5.42. The minimum atomic E-state index is -0.353. The van der Waals surface area contributed by atoms with Crippen molar-refractivity contribution in [1.82, 2.24) is 10.3 Å². The van der Waals surface area contributed by atoms with Crippen molar-refractivity contribution in [3.8, 4) is 0 Å². The number of anilines is 1. The van der Waals surface area contributed by atoms with E-state index in [0.29, 0.717) is 5.13 Å². The standard InChI is InChI=1S/C12H19N3O2S/c1-12(2,3)15-11(16)17-7-4-5-8-9(6-7)18-10(13)14-8/h7H,4-6H2,1-3H3,(H2,13,14)(H,15,16)/t7-/m1/s1. The number of hydrogen-bond acceptors (Lipinski definition) is 5. The number of aromatic nitrogens is 1. The van der Waals surface area contributed by atoms with E-state index < -0.39 is 0 Å². The Morgan fingerprint density at radius 2 is 2.28 bits per heavy atom. The fourth-order valence-corrected chi connectivity index (χ4v) is 2.90. The lowest BCUT2D eigenvalue weighted by Gasteiger charge is -2.25. The number of rotatable bonds is 1. The van der Waals surface area contributed by atoms with Crippen LogP contribution in [-0.4, -0.2) is 22.7 Å². The molecule has 1 aromatic rings. The highest BCUT2D eigenvalue weighted by Crippen LogP contribution is 2.29. The van der Waals surface area contributed by atoms with Crippen LogP contribution in [-0.2, 0) is 17.6 Å². The van der Waals surface area contributed by atoms with Crippen LogP contribution in [0.4, 0.5) is 9.93 Å². The van der Waals surface area contributed by atoms with Crippen LogP contribution >= 0.6 is 11.3 Å². The highest BCUT2D eigenvalue weighted by molar-refractivity contribution is 7.15. The van der Waals surface area contributed by atoms with Crippen molar-refractivity contribution in [3.63, 3.8) is 0 Å². The van der Waals surface area contributed by atoms with Crippen molar-refractivity contribution >= 4 is 22.6 Å². The molecule has 1 heterocycles. The van der Waals surface area contributed by atoms with E-state index in [0.717, 1.165) is 29.8 Å². The van der Waals surface area contributed by atoms with Crippen LogP contribution in [0.25, 0.3) is 0 Å². The normalized spacial score (nSPS) is 19.2. The largest absolute Gasteiger partial charge is 0.446 e. The minimum absolute atomic E-state index is 0.0697. The summed E-state index contributed by atoms with van der Waals surface area (Å²) in [6.07, 6.45) is 1.94. The second-order valence-corrected chi connectivity index (χ2v) is 6.68. The van der Waals surface area contributed by atoms with E-state index in [1.165, 1.54) is 11.3 Å². The Hall–Kier alpha value is -1.30. The zero-order valence-corrected chi connectivity index (χ0v) is 11.8. The maximum atomic E-state index is 11.7. The summed E-state index contributed by atoms with van der Waals surface area (Å²) in [5, 5.41) is 3.39. The minimum Gasteiger partial charge on any atom is -0.446 e. The number of fused-ring (bicyclic) bond motifs is 1. The van der Waals surface area contributed by atoms with Gasteiger partial charge in [-0.15, -0.1) is 11.3 Å². The molecule has 0 aliphatic heterocycles. The van der Waals surface area contributed by atoms with E-state index in [4.69, 9.17) is 10.5 Å². The first kappa shape index (κ1) is 13.1. The van der Waals surface area contributed by atoms with Gasteiger partial charge in [-0.2, -0.15) is 0 Å². The Morgan fingerprint density at radius 3 is 2.94 bits per heavy atom. The van der Waals surface area contributed by atoms with Gasteiger partial charge in [0.2, 0.25) is 0 Å². The number of ether oxygens (including phenoxy) is 1. The maximum Gasteiger partial charge on any atom is 0.407 e. The van der Waals surface area contributed by atoms with E-state index in [9.17, 15) is 4.79 Å². The summed E-state index contributed by atoms with van der Waals surface area (Å²) in [6.45, 7) is 5.78. The van der Waals surface area contributed by atoms with Crippen molar-refractivity contribution < 1.29 is 9.53 Å². The van der Waals surface area contributed by atoms with E-state index in [1.807, 2.05) is 20.8 Å². The third kappa shape index (κ3) is 3.35. The fraction of sp³-hybridized carbons (Fsp3) is 0.667. The summed E-state index contributed by atoms with van der Waals surface area (Å²) in [7, 11) is 0. The molecule has 0 radical (unpaired) electrons. The zero-order valence-electron chi connectivity index (χ0n) is 10.9. The van der Waals surface area contributed by atoms with Gasteiger partial charge in [0.1, 0.15) is 6.10 Å². The quantitative estimate of drug-likeness (QED) is 0.818. The first-order valence-corrected chi connectivity index (χ1v) is 6.88. The lowest BCUT2D eigenvalue weighted by atomic mass is 10.0. The summed E-state index contributed by atoms with van der Waals surface area (Å²) in [5.41, 5.74) is 6.47. The van der Waals surface area contributed by atoms with Crippen LogP contribution in [0.5, 0.6) is 0 Å². The van der Waals surface area contributed by atoms with Gasteiger partial charge in [0.15, 0.2) is 5.13 Å². The summed E-state index contributed by atoms with van der Waals surface area (Å²) in [6, 6.07) is 0. The van der Waals surface area contributed by atoms with Crippen LogP contribution < -0.4 is 11.1 Å². The smallest absolute Gasteiger partial charge is 0.407 e. The molecule has 6 heteroatoms. The van der Waals surface area contributed by atoms with Gasteiger partial charge in [0, 0.05) is 16.8 Å². The maximum absolute atomic E-state index is 11.7. The fourth-order valence-electron chi connectivity index (χ4n) is 1.95. The second kappa shape index (κ2) is 4.76. The Kier molecular flexibility index (Phi) is 3.47. The molecule has 18 heavy (non-hydrogen) atoms. The molecule has 0 spiro atoms. The molecule has 1 amide bonds. The number of nitrogen functional groups attached to an aromatic ring is 1. The average molecular weight is 269 g/mol. The molecule has 2 rings (SSSR count). The molecule has 1 aliphatic rings.